The molecule has 4 unspecified atom stereocenters. The number of carbonyl (C=O) groups is 6. The van der Waals surface area contributed by atoms with E-state index < -0.39 is 66.2 Å². The van der Waals surface area contributed by atoms with E-state index in [1.54, 1.807) is 0 Å². The molecule has 0 radical (unpaired) electrons. The maximum absolute atomic E-state index is 12.6. The van der Waals surface area contributed by atoms with Gasteiger partial charge in [-0.05, 0) is 39.2 Å². The van der Waals surface area contributed by atoms with Crippen LogP contribution in [0.2, 0.25) is 0 Å². The lowest BCUT2D eigenvalue weighted by Crippen LogP contribution is -2.57. The Hall–Kier alpha value is -3.26. The summed E-state index contributed by atoms with van der Waals surface area (Å²) in [5.74, 6) is -6.24. The summed E-state index contributed by atoms with van der Waals surface area (Å²) in [5, 5.41) is 25.0. The van der Waals surface area contributed by atoms with Crippen molar-refractivity contribution in [3.63, 3.8) is 0 Å². The fourth-order valence-corrected chi connectivity index (χ4v) is 2.54. The quantitative estimate of drug-likeness (QED) is 0.107. The van der Waals surface area contributed by atoms with Crippen LogP contribution in [0.5, 0.6) is 0 Å². The molecule has 0 saturated carbocycles. The normalized spacial score (nSPS) is 14.3. The Balaban J connectivity index is 5.43. The molecule has 11 N–H and O–H groups in total. The van der Waals surface area contributed by atoms with Crippen LogP contribution in [0.3, 0.4) is 0 Å². The number of primary amides is 1. The van der Waals surface area contributed by atoms with E-state index in [0.29, 0.717) is 19.4 Å². The Morgan fingerprint density at radius 1 is 0.812 bits per heavy atom. The van der Waals surface area contributed by atoms with Crippen molar-refractivity contribution in [1.29, 1.82) is 0 Å². The largest absolute Gasteiger partial charge is 0.481 e. The Bertz CT molecular complexity index is 699. The summed E-state index contributed by atoms with van der Waals surface area (Å²) in [6.07, 6.45) is -0.376. The molecule has 0 fully saturated rings. The third-order valence-electron chi connectivity index (χ3n) is 4.30. The summed E-state index contributed by atoms with van der Waals surface area (Å²) in [4.78, 5) is 70.6. The molecular weight excluding hydrogens is 428 g/mol. The number of unbranched alkanes of at least 4 members (excludes halogenated alkanes) is 1. The zero-order valence-electron chi connectivity index (χ0n) is 17.8. The van der Waals surface area contributed by atoms with Gasteiger partial charge in [0.15, 0.2) is 0 Å². The van der Waals surface area contributed by atoms with Crippen molar-refractivity contribution < 1.29 is 39.0 Å². The Labute approximate surface area is 184 Å². The second-order valence-corrected chi connectivity index (χ2v) is 7.20. The fourth-order valence-electron chi connectivity index (χ4n) is 2.54. The summed E-state index contributed by atoms with van der Waals surface area (Å²) in [6.45, 7) is 1.69. The van der Waals surface area contributed by atoms with Crippen LogP contribution in [0.15, 0.2) is 0 Å². The zero-order valence-corrected chi connectivity index (χ0v) is 17.8. The van der Waals surface area contributed by atoms with Gasteiger partial charge < -0.3 is 43.4 Å². The minimum Gasteiger partial charge on any atom is -0.481 e. The van der Waals surface area contributed by atoms with Crippen LogP contribution < -0.4 is 33.2 Å². The molecule has 0 aliphatic heterocycles. The first-order valence-corrected chi connectivity index (χ1v) is 9.98. The van der Waals surface area contributed by atoms with Crippen molar-refractivity contribution in [1.82, 2.24) is 16.0 Å². The molecule has 4 amide bonds. The second-order valence-electron chi connectivity index (χ2n) is 7.20. The number of aliphatic carboxylic acids is 2. The van der Waals surface area contributed by atoms with Gasteiger partial charge in [-0.2, -0.15) is 0 Å². The third-order valence-corrected chi connectivity index (χ3v) is 4.30. The number of rotatable bonds is 16. The summed E-state index contributed by atoms with van der Waals surface area (Å²) >= 11 is 0. The highest BCUT2D eigenvalue weighted by Crippen LogP contribution is 2.05. The van der Waals surface area contributed by atoms with Crippen LogP contribution in [-0.2, 0) is 28.8 Å². The molecule has 0 aliphatic carbocycles. The molecule has 182 valence electrons. The van der Waals surface area contributed by atoms with E-state index in [1.807, 2.05) is 0 Å². The highest BCUT2D eigenvalue weighted by Gasteiger charge is 2.31. The van der Waals surface area contributed by atoms with Gasteiger partial charge >= 0.3 is 11.9 Å². The minimum atomic E-state index is -1.64. The van der Waals surface area contributed by atoms with E-state index in [4.69, 9.17) is 22.3 Å². The number of hydrogen-bond acceptors (Lipinski definition) is 8. The first kappa shape index (κ1) is 28.7. The van der Waals surface area contributed by atoms with Crippen molar-refractivity contribution in [3.05, 3.63) is 0 Å². The third kappa shape index (κ3) is 11.8. The molecule has 32 heavy (non-hydrogen) atoms. The van der Waals surface area contributed by atoms with Gasteiger partial charge in [0.25, 0.3) is 0 Å². The van der Waals surface area contributed by atoms with Crippen molar-refractivity contribution in [2.75, 3.05) is 6.54 Å². The molecule has 0 aromatic rings. The number of amides is 4. The van der Waals surface area contributed by atoms with Crippen LogP contribution in [0.1, 0.15) is 45.4 Å². The molecule has 0 aromatic carbocycles. The smallest absolute Gasteiger partial charge is 0.326 e. The van der Waals surface area contributed by atoms with E-state index in [9.17, 15) is 33.9 Å². The predicted molar refractivity (Wildman–Crippen MR) is 111 cm³/mol. The number of carboxylic acids is 2. The Morgan fingerprint density at radius 2 is 1.34 bits per heavy atom. The van der Waals surface area contributed by atoms with Crippen LogP contribution in [0, 0.1) is 0 Å². The first-order valence-electron chi connectivity index (χ1n) is 9.98. The van der Waals surface area contributed by atoms with Crippen molar-refractivity contribution in [2.45, 2.75) is 69.6 Å². The molecular formula is C18H32N6O8. The van der Waals surface area contributed by atoms with Crippen molar-refractivity contribution in [2.24, 2.45) is 17.2 Å². The lowest BCUT2D eigenvalue weighted by atomic mass is 10.1. The van der Waals surface area contributed by atoms with Crippen molar-refractivity contribution >= 4 is 35.6 Å². The maximum atomic E-state index is 12.6. The number of carboxylic acid groups (broad SMARTS) is 2. The van der Waals surface area contributed by atoms with Gasteiger partial charge in [-0.25, -0.2) is 4.79 Å². The van der Waals surface area contributed by atoms with E-state index >= 15 is 0 Å². The number of nitrogens with two attached hydrogens (primary N) is 3. The predicted octanol–water partition coefficient (Wildman–Crippen LogP) is -3.26. The first-order chi connectivity index (χ1) is 14.9. The van der Waals surface area contributed by atoms with E-state index in [2.05, 4.69) is 16.0 Å². The van der Waals surface area contributed by atoms with Crippen LogP contribution in [0.25, 0.3) is 0 Å². The summed E-state index contributed by atoms with van der Waals surface area (Å²) in [7, 11) is 0. The summed E-state index contributed by atoms with van der Waals surface area (Å²) in [6, 6.07) is -5.27. The lowest BCUT2D eigenvalue weighted by molar-refractivity contribution is -0.143. The Kier molecular flexibility index (Phi) is 13.2. The van der Waals surface area contributed by atoms with Gasteiger partial charge in [0.05, 0.1) is 12.5 Å². The molecule has 0 saturated heterocycles. The molecule has 14 nitrogen and oxygen atoms in total. The molecule has 0 rings (SSSR count). The van der Waals surface area contributed by atoms with Gasteiger partial charge in [-0.3, -0.25) is 24.0 Å². The van der Waals surface area contributed by atoms with Crippen molar-refractivity contribution in [3.8, 4) is 0 Å². The monoisotopic (exact) mass is 460 g/mol. The van der Waals surface area contributed by atoms with Gasteiger partial charge in [0.1, 0.15) is 18.1 Å². The maximum Gasteiger partial charge on any atom is 0.326 e. The molecule has 0 bridgehead atoms. The topological polar surface area (TPSA) is 257 Å². The average Bonchev–Trinajstić information content (AvgIpc) is 2.68. The Morgan fingerprint density at radius 3 is 1.81 bits per heavy atom. The van der Waals surface area contributed by atoms with E-state index in [-0.39, 0.29) is 19.3 Å². The molecule has 14 heteroatoms. The van der Waals surface area contributed by atoms with E-state index in [0.717, 1.165) is 0 Å². The molecule has 0 aliphatic rings. The highest BCUT2D eigenvalue weighted by molar-refractivity contribution is 5.95. The highest BCUT2D eigenvalue weighted by atomic mass is 16.4. The summed E-state index contributed by atoms with van der Waals surface area (Å²) in [5.41, 5.74) is 15.9. The lowest BCUT2D eigenvalue weighted by Gasteiger charge is -2.24. The van der Waals surface area contributed by atoms with Crippen LogP contribution >= 0.6 is 0 Å². The van der Waals surface area contributed by atoms with Gasteiger partial charge in [0.2, 0.25) is 23.6 Å². The molecule has 0 spiro atoms. The zero-order chi connectivity index (χ0) is 24.8. The van der Waals surface area contributed by atoms with Gasteiger partial charge in [-0.15, -0.1) is 0 Å². The molecule has 0 aromatic heterocycles. The number of nitrogens with one attached hydrogen (secondary N) is 3. The van der Waals surface area contributed by atoms with Crippen LogP contribution in [0.4, 0.5) is 0 Å². The van der Waals surface area contributed by atoms with Gasteiger partial charge in [0, 0.05) is 6.42 Å². The van der Waals surface area contributed by atoms with Crippen LogP contribution in [-0.4, -0.2) is 76.5 Å². The second kappa shape index (κ2) is 14.7. The number of carbonyl (C=O) groups excluding carboxylic acids is 4. The molecule has 4 atom stereocenters. The SMILES string of the molecule is CC(N)C(=O)NC(CCC(N)=O)C(=O)NC(CC(=O)O)C(=O)NC(CCCCN)C(=O)O. The molecule has 0 heterocycles. The summed E-state index contributed by atoms with van der Waals surface area (Å²) < 4.78 is 0. The van der Waals surface area contributed by atoms with E-state index in [1.165, 1.54) is 6.92 Å². The fraction of sp³-hybridized carbons (Fsp3) is 0.667. The minimum absolute atomic E-state index is 0.0533. The standard InChI is InChI=1S/C18H32N6O8/c1-9(20)15(28)22-10(5-6-13(21)25)16(29)24-12(8-14(26)27)17(30)23-11(18(31)32)4-2-3-7-19/h9-12H,2-8,19-20H2,1H3,(H2,21,25)(H,22,28)(H,23,30)(H,24,29)(H,26,27)(H,31,32). The average molecular weight is 460 g/mol. The van der Waals surface area contributed by atoms with Gasteiger partial charge in [-0.1, -0.05) is 0 Å². The number of hydrogen-bond donors (Lipinski definition) is 8.